The van der Waals surface area contributed by atoms with E-state index in [1.807, 2.05) is 13.8 Å². The van der Waals surface area contributed by atoms with Crippen LogP contribution in [0.2, 0.25) is 0 Å². The lowest BCUT2D eigenvalue weighted by Crippen LogP contribution is -2.53. The first kappa shape index (κ1) is 17.7. The van der Waals surface area contributed by atoms with Crippen molar-refractivity contribution in [1.29, 1.82) is 0 Å². The Kier molecular flexibility index (Phi) is 4.18. The van der Waals surface area contributed by atoms with Crippen LogP contribution in [0.1, 0.15) is 78.6 Å². The van der Waals surface area contributed by atoms with Gasteiger partial charge in [-0.1, -0.05) is 13.8 Å². The lowest BCUT2D eigenvalue weighted by atomic mass is 9.48. The fourth-order valence-corrected chi connectivity index (χ4v) is 7.57. The van der Waals surface area contributed by atoms with Gasteiger partial charge >= 0.3 is 0 Å². The van der Waals surface area contributed by atoms with E-state index in [1.54, 1.807) is 0 Å². The van der Waals surface area contributed by atoms with Crippen molar-refractivity contribution >= 4 is 11.6 Å². The zero-order chi connectivity index (χ0) is 18.0. The summed E-state index contributed by atoms with van der Waals surface area (Å²) in [5.74, 6) is 3.33. The molecule has 1 N–H and O–H groups in total. The minimum atomic E-state index is -0.654. The third-order valence-corrected chi connectivity index (χ3v) is 8.82. The molecule has 4 aliphatic carbocycles. The van der Waals surface area contributed by atoms with Gasteiger partial charge in [-0.2, -0.15) is 0 Å². The highest BCUT2D eigenvalue weighted by Crippen LogP contribution is 2.64. The molecule has 0 aromatic heterocycles. The molecule has 8 unspecified atom stereocenters. The monoisotopic (exact) mass is 346 g/mol. The smallest absolute Gasteiger partial charge is 0.136 e. The molecule has 25 heavy (non-hydrogen) atoms. The van der Waals surface area contributed by atoms with Crippen molar-refractivity contribution in [1.82, 2.24) is 0 Å². The Balaban J connectivity index is 1.59. The van der Waals surface area contributed by atoms with Gasteiger partial charge in [-0.05, 0) is 81.0 Å². The number of hydrogen-bond acceptors (Lipinski definition) is 3. The van der Waals surface area contributed by atoms with E-state index in [4.69, 9.17) is 0 Å². The molecule has 4 saturated carbocycles. The number of carbonyl (C=O) groups excluding carboxylic acids is 2. The quantitative estimate of drug-likeness (QED) is 0.816. The summed E-state index contributed by atoms with van der Waals surface area (Å²) in [7, 11) is 0. The first-order chi connectivity index (χ1) is 11.8. The molecule has 140 valence electrons. The highest BCUT2D eigenvalue weighted by Gasteiger charge is 2.60. The first-order valence-corrected chi connectivity index (χ1v) is 10.5. The second kappa shape index (κ2) is 5.90. The van der Waals surface area contributed by atoms with Crippen molar-refractivity contribution in [3.8, 4) is 0 Å². The molecule has 4 fully saturated rings. The second-order valence-electron chi connectivity index (χ2n) is 10.1. The summed E-state index contributed by atoms with van der Waals surface area (Å²) in [5.41, 5.74) is -0.527. The lowest BCUT2D eigenvalue weighted by molar-refractivity contribution is -0.150. The van der Waals surface area contributed by atoms with Crippen LogP contribution in [0.15, 0.2) is 0 Å². The Hall–Kier alpha value is -0.700. The SMILES string of the molecule is CCC(=O)C1CCC2C3CC(=O)C4CC(C)(O)CCC4C3CCC12C. The van der Waals surface area contributed by atoms with E-state index in [1.165, 1.54) is 6.42 Å². The van der Waals surface area contributed by atoms with Crippen molar-refractivity contribution in [2.24, 2.45) is 40.9 Å². The first-order valence-electron chi connectivity index (χ1n) is 10.5. The van der Waals surface area contributed by atoms with Gasteiger partial charge in [-0.3, -0.25) is 9.59 Å². The molecule has 0 aliphatic heterocycles. The number of carbonyl (C=O) groups is 2. The third kappa shape index (κ3) is 2.64. The van der Waals surface area contributed by atoms with Gasteiger partial charge < -0.3 is 5.11 Å². The maximum absolute atomic E-state index is 13.0. The second-order valence-corrected chi connectivity index (χ2v) is 10.1. The van der Waals surface area contributed by atoms with Gasteiger partial charge in [0.25, 0.3) is 0 Å². The Bertz CT molecular complexity index is 580. The number of Topliss-reactive ketones (excluding diaryl/α,β-unsaturated/α-hetero) is 2. The molecule has 0 saturated heterocycles. The summed E-state index contributed by atoms with van der Waals surface area (Å²) in [6, 6.07) is 0. The molecular formula is C22H34O3. The van der Waals surface area contributed by atoms with Crippen LogP contribution < -0.4 is 0 Å². The van der Waals surface area contributed by atoms with Crippen LogP contribution in [-0.2, 0) is 9.59 Å². The van der Waals surface area contributed by atoms with E-state index in [9.17, 15) is 14.7 Å². The molecule has 8 atom stereocenters. The molecule has 0 bridgehead atoms. The highest BCUT2D eigenvalue weighted by atomic mass is 16.3. The minimum Gasteiger partial charge on any atom is -0.390 e. The molecule has 3 nitrogen and oxygen atoms in total. The zero-order valence-electron chi connectivity index (χ0n) is 16.1. The molecule has 0 aromatic carbocycles. The molecule has 3 heteroatoms. The van der Waals surface area contributed by atoms with E-state index < -0.39 is 5.60 Å². The number of rotatable bonds is 2. The summed E-state index contributed by atoms with van der Waals surface area (Å²) in [6.07, 6.45) is 8.37. The Morgan fingerprint density at radius 1 is 1.08 bits per heavy atom. The minimum absolute atomic E-state index is 0.0869. The largest absolute Gasteiger partial charge is 0.390 e. The zero-order valence-corrected chi connectivity index (χ0v) is 16.1. The van der Waals surface area contributed by atoms with E-state index in [2.05, 4.69) is 6.92 Å². The fraction of sp³-hybridized carbons (Fsp3) is 0.909. The van der Waals surface area contributed by atoms with Crippen molar-refractivity contribution in [2.45, 2.75) is 84.2 Å². The van der Waals surface area contributed by atoms with Gasteiger partial charge in [0.15, 0.2) is 0 Å². The predicted molar refractivity (Wildman–Crippen MR) is 96.9 cm³/mol. The van der Waals surface area contributed by atoms with Gasteiger partial charge in [-0.25, -0.2) is 0 Å². The van der Waals surface area contributed by atoms with Crippen LogP contribution in [0.4, 0.5) is 0 Å². The molecule has 0 spiro atoms. The normalized spacial score (nSPS) is 52.2. The highest BCUT2D eigenvalue weighted by molar-refractivity contribution is 5.83. The molecule has 4 rings (SSSR count). The summed E-state index contributed by atoms with van der Waals surface area (Å²) in [5, 5.41) is 10.5. The molecule has 4 aliphatic rings. The van der Waals surface area contributed by atoms with Crippen LogP contribution in [0, 0.1) is 40.9 Å². The van der Waals surface area contributed by atoms with E-state index in [0.29, 0.717) is 54.5 Å². The van der Waals surface area contributed by atoms with Crippen LogP contribution >= 0.6 is 0 Å². The van der Waals surface area contributed by atoms with Gasteiger partial charge in [0.2, 0.25) is 0 Å². The standard InChI is InChI=1S/C22H34O3/c1-4-19(23)18-6-5-17-15-11-20(24)16-12-21(2,25)9-7-14(16)13(15)8-10-22(17,18)3/h13-18,25H,4-12H2,1-3H3. The molecule has 0 heterocycles. The predicted octanol–water partition coefficient (Wildman–Crippen LogP) is 4.16. The maximum atomic E-state index is 13.0. The van der Waals surface area contributed by atoms with Crippen molar-refractivity contribution in [2.75, 3.05) is 0 Å². The van der Waals surface area contributed by atoms with Gasteiger partial charge in [0.1, 0.15) is 11.6 Å². The average Bonchev–Trinajstić information content (AvgIpc) is 2.91. The number of ketones is 2. The van der Waals surface area contributed by atoms with Gasteiger partial charge in [0.05, 0.1) is 5.60 Å². The van der Waals surface area contributed by atoms with Crippen molar-refractivity contribution < 1.29 is 14.7 Å². The summed E-state index contributed by atoms with van der Waals surface area (Å²) in [6.45, 7) is 6.24. The lowest BCUT2D eigenvalue weighted by Gasteiger charge is -2.56. The van der Waals surface area contributed by atoms with Crippen LogP contribution in [0.3, 0.4) is 0 Å². The van der Waals surface area contributed by atoms with E-state index in [-0.39, 0.29) is 17.3 Å². The Morgan fingerprint density at radius 2 is 1.80 bits per heavy atom. The summed E-state index contributed by atoms with van der Waals surface area (Å²) < 4.78 is 0. The van der Waals surface area contributed by atoms with Crippen molar-refractivity contribution in [3.63, 3.8) is 0 Å². The number of hydrogen-bond donors (Lipinski definition) is 1. The van der Waals surface area contributed by atoms with Gasteiger partial charge in [-0.15, -0.1) is 0 Å². The molecular weight excluding hydrogens is 312 g/mol. The fourth-order valence-electron chi connectivity index (χ4n) is 7.57. The van der Waals surface area contributed by atoms with E-state index in [0.717, 1.165) is 32.1 Å². The molecule has 0 aromatic rings. The maximum Gasteiger partial charge on any atom is 0.136 e. The van der Waals surface area contributed by atoms with Crippen LogP contribution in [0.25, 0.3) is 0 Å². The Labute approximate surface area is 151 Å². The van der Waals surface area contributed by atoms with Crippen LogP contribution in [0.5, 0.6) is 0 Å². The van der Waals surface area contributed by atoms with Crippen molar-refractivity contribution in [3.05, 3.63) is 0 Å². The average molecular weight is 347 g/mol. The van der Waals surface area contributed by atoms with E-state index >= 15 is 0 Å². The van der Waals surface area contributed by atoms with Crippen LogP contribution in [-0.4, -0.2) is 22.3 Å². The molecule has 0 radical (unpaired) electrons. The third-order valence-electron chi connectivity index (χ3n) is 8.82. The summed E-state index contributed by atoms with van der Waals surface area (Å²) in [4.78, 5) is 25.5. The topological polar surface area (TPSA) is 54.4 Å². The number of aliphatic hydroxyl groups is 1. The summed E-state index contributed by atoms with van der Waals surface area (Å²) >= 11 is 0. The number of fused-ring (bicyclic) bond motifs is 5. The molecule has 0 amide bonds. The van der Waals surface area contributed by atoms with Gasteiger partial charge in [0, 0.05) is 24.7 Å². The Morgan fingerprint density at radius 3 is 2.52 bits per heavy atom.